The first-order chi connectivity index (χ1) is 11.3. The van der Waals surface area contributed by atoms with E-state index in [0.717, 1.165) is 6.07 Å². The van der Waals surface area contributed by atoms with E-state index in [1.165, 1.54) is 6.07 Å². The van der Waals surface area contributed by atoms with Crippen LogP contribution in [0.25, 0.3) is 0 Å². The summed E-state index contributed by atoms with van der Waals surface area (Å²) in [6, 6.07) is 2.53. The van der Waals surface area contributed by atoms with Gasteiger partial charge >= 0.3 is 0 Å². The fraction of sp³-hybridized carbons (Fsp3) is 0.625. The molecule has 0 aromatic heterocycles. The zero-order valence-corrected chi connectivity index (χ0v) is 13.5. The average Bonchev–Trinajstić information content (AvgIpc) is 2.56. The zero-order chi connectivity index (χ0) is 18.0. The summed E-state index contributed by atoms with van der Waals surface area (Å²) >= 11 is 0. The van der Waals surface area contributed by atoms with Crippen LogP contribution in [0.15, 0.2) is 12.1 Å². The molecule has 6 unspecified atom stereocenters. The molecule has 1 aliphatic heterocycles. The SMILES string of the molecule is CCC(C)c1cc(O)cc(O)c1OC1OC(CO)C(O)C(O)C1O. The molecule has 0 spiro atoms. The summed E-state index contributed by atoms with van der Waals surface area (Å²) in [4.78, 5) is 0. The van der Waals surface area contributed by atoms with Crippen LogP contribution in [-0.2, 0) is 4.74 Å². The van der Waals surface area contributed by atoms with Crippen molar-refractivity contribution in [3.05, 3.63) is 17.7 Å². The number of benzene rings is 1. The van der Waals surface area contributed by atoms with Crippen LogP contribution in [0.2, 0.25) is 0 Å². The molecular formula is C16H24O8. The lowest BCUT2D eigenvalue weighted by Crippen LogP contribution is -2.60. The summed E-state index contributed by atoms with van der Waals surface area (Å²) < 4.78 is 10.8. The first-order valence-corrected chi connectivity index (χ1v) is 7.83. The molecule has 6 N–H and O–H groups in total. The van der Waals surface area contributed by atoms with Gasteiger partial charge in [0, 0.05) is 11.6 Å². The molecule has 0 bridgehead atoms. The topological polar surface area (TPSA) is 140 Å². The Morgan fingerprint density at radius 1 is 1.12 bits per heavy atom. The summed E-state index contributed by atoms with van der Waals surface area (Å²) in [5.74, 6) is -0.541. The van der Waals surface area contributed by atoms with Gasteiger partial charge in [0.05, 0.1) is 6.61 Å². The molecule has 136 valence electrons. The lowest BCUT2D eigenvalue weighted by molar-refractivity contribution is -0.277. The largest absolute Gasteiger partial charge is 0.508 e. The van der Waals surface area contributed by atoms with Gasteiger partial charge in [-0.1, -0.05) is 13.8 Å². The number of phenols is 2. The van der Waals surface area contributed by atoms with Crippen molar-refractivity contribution in [3.63, 3.8) is 0 Å². The first kappa shape index (κ1) is 18.8. The Morgan fingerprint density at radius 2 is 1.79 bits per heavy atom. The van der Waals surface area contributed by atoms with E-state index in [1.807, 2.05) is 13.8 Å². The number of phenolic OH excluding ortho intramolecular Hbond substituents is 2. The van der Waals surface area contributed by atoms with Crippen molar-refractivity contribution in [1.82, 2.24) is 0 Å². The number of ether oxygens (including phenoxy) is 2. The number of aliphatic hydroxyl groups is 4. The molecule has 1 aromatic rings. The Balaban J connectivity index is 2.33. The van der Waals surface area contributed by atoms with Crippen LogP contribution in [0.1, 0.15) is 31.7 Å². The van der Waals surface area contributed by atoms with Crippen molar-refractivity contribution in [3.8, 4) is 17.2 Å². The molecule has 24 heavy (non-hydrogen) atoms. The van der Waals surface area contributed by atoms with Gasteiger partial charge in [-0.05, 0) is 18.4 Å². The van der Waals surface area contributed by atoms with E-state index in [0.29, 0.717) is 12.0 Å². The molecule has 2 rings (SSSR count). The number of aromatic hydroxyl groups is 2. The van der Waals surface area contributed by atoms with Gasteiger partial charge in [-0.25, -0.2) is 0 Å². The van der Waals surface area contributed by atoms with Gasteiger partial charge in [-0.2, -0.15) is 0 Å². The van der Waals surface area contributed by atoms with Gasteiger partial charge in [-0.3, -0.25) is 0 Å². The molecule has 6 atom stereocenters. The highest BCUT2D eigenvalue weighted by Crippen LogP contribution is 2.41. The van der Waals surface area contributed by atoms with Crippen molar-refractivity contribution in [1.29, 1.82) is 0 Å². The van der Waals surface area contributed by atoms with Crippen LogP contribution in [0.4, 0.5) is 0 Å². The second kappa shape index (κ2) is 7.54. The molecule has 1 aliphatic rings. The Bertz CT molecular complexity index is 561. The molecule has 8 nitrogen and oxygen atoms in total. The highest BCUT2D eigenvalue weighted by molar-refractivity contribution is 5.52. The summed E-state index contributed by atoms with van der Waals surface area (Å²) in [6.45, 7) is 3.21. The fourth-order valence-corrected chi connectivity index (χ4v) is 2.62. The highest BCUT2D eigenvalue weighted by Gasteiger charge is 2.45. The zero-order valence-electron chi connectivity index (χ0n) is 13.5. The third-order valence-corrected chi connectivity index (χ3v) is 4.31. The fourth-order valence-electron chi connectivity index (χ4n) is 2.62. The van der Waals surface area contributed by atoms with Crippen molar-refractivity contribution in [2.75, 3.05) is 6.61 Å². The number of hydrogen-bond acceptors (Lipinski definition) is 8. The van der Waals surface area contributed by atoms with Crippen molar-refractivity contribution >= 4 is 0 Å². The van der Waals surface area contributed by atoms with Crippen LogP contribution < -0.4 is 4.74 Å². The molecular weight excluding hydrogens is 320 g/mol. The van der Waals surface area contributed by atoms with Crippen molar-refractivity contribution < 1.29 is 40.1 Å². The third kappa shape index (κ3) is 3.57. The number of rotatable bonds is 5. The summed E-state index contributed by atoms with van der Waals surface area (Å²) in [5, 5.41) is 58.6. The molecule has 1 heterocycles. The van der Waals surface area contributed by atoms with Crippen LogP contribution in [0, 0.1) is 0 Å². The Labute approximate surface area is 139 Å². The van der Waals surface area contributed by atoms with E-state index in [9.17, 15) is 30.6 Å². The summed E-state index contributed by atoms with van der Waals surface area (Å²) in [5.41, 5.74) is 0.506. The van der Waals surface area contributed by atoms with Gasteiger partial charge in [0.15, 0.2) is 11.5 Å². The van der Waals surface area contributed by atoms with E-state index in [4.69, 9.17) is 9.47 Å². The van der Waals surface area contributed by atoms with Gasteiger partial charge in [0.25, 0.3) is 0 Å². The Hall–Kier alpha value is -1.58. The van der Waals surface area contributed by atoms with Crippen molar-refractivity contribution in [2.24, 2.45) is 0 Å². The minimum Gasteiger partial charge on any atom is -0.508 e. The molecule has 0 saturated carbocycles. The van der Waals surface area contributed by atoms with Crippen LogP contribution in [0.5, 0.6) is 17.2 Å². The number of aliphatic hydroxyl groups excluding tert-OH is 4. The smallest absolute Gasteiger partial charge is 0.229 e. The normalized spacial score (nSPS) is 31.7. The van der Waals surface area contributed by atoms with Gasteiger partial charge in [0.2, 0.25) is 6.29 Å². The standard InChI is InChI=1S/C16H24O8/c1-3-7(2)9-4-8(18)5-10(19)15(9)24-16-14(22)13(21)12(20)11(6-17)23-16/h4-5,7,11-14,16-22H,3,6H2,1-2H3. The molecule has 1 fully saturated rings. The second-order valence-corrected chi connectivity index (χ2v) is 6.01. The van der Waals surface area contributed by atoms with Gasteiger partial charge in [0.1, 0.15) is 30.2 Å². The van der Waals surface area contributed by atoms with Crippen LogP contribution in [0.3, 0.4) is 0 Å². The van der Waals surface area contributed by atoms with Gasteiger partial charge in [-0.15, -0.1) is 0 Å². The number of hydrogen-bond donors (Lipinski definition) is 6. The lowest BCUT2D eigenvalue weighted by atomic mass is 9.96. The predicted molar refractivity (Wildman–Crippen MR) is 82.9 cm³/mol. The minimum absolute atomic E-state index is 0.00600. The van der Waals surface area contributed by atoms with Crippen LogP contribution in [-0.4, -0.2) is 68.0 Å². The Kier molecular flexibility index (Phi) is 5.89. The molecule has 8 heteroatoms. The molecule has 1 saturated heterocycles. The maximum Gasteiger partial charge on any atom is 0.229 e. The summed E-state index contributed by atoms with van der Waals surface area (Å²) in [6.07, 6.45) is -6.47. The van der Waals surface area contributed by atoms with Crippen molar-refractivity contribution in [2.45, 2.75) is 56.9 Å². The predicted octanol–water partition coefficient (Wildman–Crippen LogP) is -0.210. The second-order valence-electron chi connectivity index (χ2n) is 6.01. The van der Waals surface area contributed by atoms with E-state index in [1.54, 1.807) is 0 Å². The highest BCUT2D eigenvalue weighted by atomic mass is 16.7. The maximum atomic E-state index is 10.1. The quantitative estimate of drug-likeness (QED) is 0.431. The molecule has 0 amide bonds. The third-order valence-electron chi connectivity index (χ3n) is 4.31. The summed E-state index contributed by atoms with van der Waals surface area (Å²) in [7, 11) is 0. The minimum atomic E-state index is -1.58. The van der Waals surface area contributed by atoms with E-state index >= 15 is 0 Å². The average molecular weight is 344 g/mol. The molecule has 1 aromatic carbocycles. The van der Waals surface area contributed by atoms with E-state index < -0.39 is 37.3 Å². The first-order valence-electron chi connectivity index (χ1n) is 7.83. The van der Waals surface area contributed by atoms with Crippen LogP contribution >= 0.6 is 0 Å². The van der Waals surface area contributed by atoms with E-state index in [-0.39, 0.29) is 23.2 Å². The Morgan fingerprint density at radius 3 is 2.38 bits per heavy atom. The molecule has 0 aliphatic carbocycles. The monoisotopic (exact) mass is 344 g/mol. The lowest BCUT2D eigenvalue weighted by Gasteiger charge is -2.39. The molecule has 0 radical (unpaired) electrons. The maximum absolute atomic E-state index is 10.1. The van der Waals surface area contributed by atoms with E-state index in [2.05, 4.69) is 0 Å². The van der Waals surface area contributed by atoms with Gasteiger partial charge < -0.3 is 40.1 Å².